The summed E-state index contributed by atoms with van der Waals surface area (Å²) in [5, 5.41) is 2.51. The van der Waals surface area contributed by atoms with Gasteiger partial charge in [0.1, 0.15) is 11.6 Å². The van der Waals surface area contributed by atoms with Crippen molar-refractivity contribution in [1.82, 2.24) is 4.90 Å². The number of amides is 2. The van der Waals surface area contributed by atoms with Crippen LogP contribution >= 0.6 is 11.6 Å². The monoisotopic (exact) mass is 408 g/mol. The smallest absolute Gasteiger partial charge is 0.312 e. The van der Waals surface area contributed by atoms with Gasteiger partial charge in [0, 0.05) is 13.0 Å². The van der Waals surface area contributed by atoms with Gasteiger partial charge in [0.15, 0.2) is 6.10 Å². The first-order chi connectivity index (χ1) is 13.3. The number of nitrogens with zero attached hydrogens (tertiary/aromatic N) is 1. The van der Waals surface area contributed by atoms with Gasteiger partial charge in [-0.3, -0.25) is 14.4 Å². The Kier molecular flexibility index (Phi) is 5.99. The second kappa shape index (κ2) is 8.43. The summed E-state index contributed by atoms with van der Waals surface area (Å²) < 4.78 is 23.5. The Morgan fingerprint density at radius 2 is 2.21 bits per heavy atom. The molecule has 2 amide bonds. The molecule has 7 nitrogen and oxygen atoms in total. The first-order valence-corrected chi connectivity index (χ1v) is 8.98. The summed E-state index contributed by atoms with van der Waals surface area (Å²) >= 11 is 5.86. The second-order valence-corrected chi connectivity index (χ2v) is 6.85. The van der Waals surface area contributed by atoms with Gasteiger partial charge in [-0.15, -0.1) is 0 Å². The molecule has 1 saturated heterocycles. The number of benzene rings is 1. The van der Waals surface area contributed by atoms with Crippen molar-refractivity contribution < 1.29 is 27.9 Å². The van der Waals surface area contributed by atoms with Crippen LogP contribution in [0.5, 0.6) is 0 Å². The van der Waals surface area contributed by atoms with E-state index >= 15 is 0 Å². The standard InChI is InChI=1S/C19H18ClFN2O5/c1-11(18(25)22-16-5-4-13(21)8-15(16)20)28-19(26)12-7-17(24)23(9-12)10-14-3-2-6-27-14/h2-6,8,11-12H,7,9-10H2,1H3,(H,22,25)/t11-,12-/m1/s1. The van der Waals surface area contributed by atoms with Gasteiger partial charge in [-0.1, -0.05) is 11.6 Å². The molecule has 2 atom stereocenters. The number of nitrogens with one attached hydrogen (secondary N) is 1. The highest BCUT2D eigenvalue weighted by Gasteiger charge is 2.37. The van der Waals surface area contributed by atoms with Crippen molar-refractivity contribution >= 4 is 35.1 Å². The van der Waals surface area contributed by atoms with Crippen LogP contribution in [0.15, 0.2) is 41.0 Å². The molecule has 1 N–H and O–H groups in total. The zero-order valence-electron chi connectivity index (χ0n) is 15.0. The zero-order valence-corrected chi connectivity index (χ0v) is 15.7. The maximum atomic E-state index is 13.1. The van der Waals surface area contributed by atoms with Crippen molar-refractivity contribution in [2.75, 3.05) is 11.9 Å². The number of esters is 1. The van der Waals surface area contributed by atoms with Gasteiger partial charge in [0.25, 0.3) is 5.91 Å². The quantitative estimate of drug-likeness (QED) is 0.742. The fourth-order valence-electron chi connectivity index (χ4n) is 2.82. The van der Waals surface area contributed by atoms with E-state index in [1.165, 1.54) is 24.2 Å². The summed E-state index contributed by atoms with van der Waals surface area (Å²) in [7, 11) is 0. The molecule has 3 rings (SSSR count). The number of hydrogen-bond acceptors (Lipinski definition) is 5. The van der Waals surface area contributed by atoms with Crippen molar-refractivity contribution in [2.45, 2.75) is 26.0 Å². The Morgan fingerprint density at radius 1 is 1.43 bits per heavy atom. The lowest BCUT2D eigenvalue weighted by Gasteiger charge is -2.17. The molecule has 9 heteroatoms. The third kappa shape index (κ3) is 4.69. The van der Waals surface area contributed by atoms with E-state index < -0.39 is 29.7 Å². The minimum Gasteiger partial charge on any atom is -0.467 e. The Morgan fingerprint density at radius 3 is 2.89 bits per heavy atom. The molecular weight excluding hydrogens is 391 g/mol. The third-order valence-electron chi connectivity index (χ3n) is 4.33. The van der Waals surface area contributed by atoms with Crippen molar-refractivity contribution in [3.05, 3.63) is 53.2 Å². The Balaban J connectivity index is 1.53. The van der Waals surface area contributed by atoms with Crippen molar-refractivity contribution in [3.8, 4) is 0 Å². The maximum Gasteiger partial charge on any atom is 0.312 e. The molecule has 1 aliphatic rings. The van der Waals surface area contributed by atoms with Crippen LogP contribution in [-0.2, 0) is 25.7 Å². The van der Waals surface area contributed by atoms with E-state index in [1.54, 1.807) is 12.1 Å². The highest BCUT2D eigenvalue weighted by molar-refractivity contribution is 6.33. The third-order valence-corrected chi connectivity index (χ3v) is 4.64. The van der Waals surface area contributed by atoms with Crippen LogP contribution in [0, 0.1) is 11.7 Å². The normalized spacial score (nSPS) is 17.5. The van der Waals surface area contributed by atoms with Crippen LogP contribution in [0.1, 0.15) is 19.1 Å². The highest BCUT2D eigenvalue weighted by atomic mass is 35.5. The number of ether oxygens (including phenoxy) is 1. The van der Waals surface area contributed by atoms with E-state index in [4.69, 9.17) is 20.8 Å². The molecule has 0 radical (unpaired) electrons. The van der Waals surface area contributed by atoms with Crippen LogP contribution in [-0.4, -0.2) is 35.3 Å². The number of carbonyl (C=O) groups is 3. The van der Waals surface area contributed by atoms with Crippen LogP contribution in [0.25, 0.3) is 0 Å². The Bertz CT molecular complexity index is 886. The van der Waals surface area contributed by atoms with Gasteiger partial charge in [0.05, 0.1) is 29.4 Å². The van der Waals surface area contributed by atoms with E-state index in [0.717, 1.165) is 12.1 Å². The lowest BCUT2D eigenvalue weighted by molar-refractivity contribution is -0.157. The highest BCUT2D eigenvalue weighted by Crippen LogP contribution is 2.24. The lowest BCUT2D eigenvalue weighted by atomic mass is 10.1. The topological polar surface area (TPSA) is 88.9 Å². The SMILES string of the molecule is C[C@@H](OC(=O)[C@@H]1CC(=O)N(Cc2ccco2)C1)C(=O)Nc1ccc(F)cc1Cl. The fourth-order valence-corrected chi connectivity index (χ4v) is 3.04. The molecule has 1 aromatic carbocycles. The first kappa shape index (κ1) is 19.9. The van der Waals surface area contributed by atoms with Gasteiger partial charge >= 0.3 is 5.97 Å². The predicted molar refractivity (Wildman–Crippen MR) is 97.8 cm³/mol. The fraction of sp³-hybridized carbons (Fsp3) is 0.316. The van der Waals surface area contributed by atoms with Crippen LogP contribution in [0.2, 0.25) is 5.02 Å². The van der Waals surface area contributed by atoms with Crippen molar-refractivity contribution in [1.29, 1.82) is 0 Å². The minimum atomic E-state index is -1.11. The van der Waals surface area contributed by atoms with Crippen LogP contribution in [0.3, 0.4) is 0 Å². The number of carbonyl (C=O) groups excluding carboxylic acids is 3. The molecule has 0 bridgehead atoms. The number of anilines is 1. The Hall–Kier alpha value is -2.87. The molecule has 0 unspecified atom stereocenters. The van der Waals surface area contributed by atoms with Crippen LogP contribution in [0.4, 0.5) is 10.1 Å². The van der Waals surface area contributed by atoms with E-state index in [-0.39, 0.29) is 36.1 Å². The van der Waals surface area contributed by atoms with Gasteiger partial charge in [0.2, 0.25) is 5.91 Å². The molecule has 1 aromatic heterocycles. The summed E-state index contributed by atoms with van der Waals surface area (Å²) in [6.07, 6.45) is 0.412. The van der Waals surface area contributed by atoms with Crippen LogP contribution < -0.4 is 5.32 Å². The molecule has 0 saturated carbocycles. The molecule has 2 heterocycles. The lowest BCUT2D eigenvalue weighted by Crippen LogP contribution is -2.33. The second-order valence-electron chi connectivity index (χ2n) is 6.45. The maximum absolute atomic E-state index is 13.1. The van der Waals surface area contributed by atoms with Crippen molar-refractivity contribution in [3.63, 3.8) is 0 Å². The zero-order chi connectivity index (χ0) is 20.3. The van der Waals surface area contributed by atoms with E-state index in [1.807, 2.05) is 0 Å². The average Bonchev–Trinajstić information content (AvgIpc) is 3.28. The van der Waals surface area contributed by atoms with E-state index in [9.17, 15) is 18.8 Å². The molecule has 0 aliphatic carbocycles. The molecular formula is C19H18ClFN2O5. The van der Waals surface area contributed by atoms with E-state index in [2.05, 4.69) is 5.32 Å². The summed E-state index contributed by atoms with van der Waals surface area (Å²) in [4.78, 5) is 38.1. The van der Waals surface area contributed by atoms with Gasteiger partial charge < -0.3 is 19.4 Å². The number of furan rings is 1. The predicted octanol–water partition coefficient (Wildman–Crippen LogP) is 2.99. The number of hydrogen-bond donors (Lipinski definition) is 1. The number of halogens is 2. The minimum absolute atomic E-state index is 0.0116. The summed E-state index contributed by atoms with van der Waals surface area (Å²) in [6, 6.07) is 6.98. The molecule has 2 aromatic rings. The van der Waals surface area contributed by atoms with Gasteiger partial charge in [-0.25, -0.2) is 4.39 Å². The number of likely N-dealkylation sites (tertiary alicyclic amines) is 1. The summed E-state index contributed by atoms with van der Waals surface area (Å²) in [6.45, 7) is 1.87. The molecule has 28 heavy (non-hydrogen) atoms. The molecule has 1 fully saturated rings. The Labute approximate surface area is 165 Å². The number of rotatable bonds is 6. The van der Waals surface area contributed by atoms with Gasteiger partial charge in [-0.05, 0) is 37.3 Å². The average molecular weight is 409 g/mol. The first-order valence-electron chi connectivity index (χ1n) is 8.60. The summed E-state index contributed by atoms with van der Waals surface area (Å²) in [5.74, 6) is -2.01. The molecule has 1 aliphatic heterocycles. The molecule has 148 valence electrons. The van der Waals surface area contributed by atoms with Gasteiger partial charge in [-0.2, -0.15) is 0 Å². The largest absolute Gasteiger partial charge is 0.467 e. The van der Waals surface area contributed by atoms with E-state index in [0.29, 0.717) is 5.76 Å². The molecule has 0 spiro atoms. The summed E-state index contributed by atoms with van der Waals surface area (Å²) in [5.41, 5.74) is 0.205. The van der Waals surface area contributed by atoms with Crippen molar-refractivity contribution in [2.24, 2.45) is 5.92 Å².